The van der Waals surface area contributed by atoms with Crippen molar-refractivity contribution in [1.82, 2.24) is 15.6 Å². The van der Waals surface area contributed by atoms with Crippen molar-refractivity contribution < 1.29 is 14.3 Å². The summed E-state index contributed by atoms with van der Waals surface area (Å²) in [5, 5.41) is 12.4. The Bertz CT molecular complexity index is 1050. The van der Waals surface area contributed by atoms with Gasteiger partial charge in [-0.25, -0.2) is 5.43 Å². The van der Waals surface area contributed by atoms with Gasteiger partial charge >= 0.3 is 0 Å². The maximum Gasteiger partial charge on any atom is 0.250 e. The summed E-state index contributed by atoms with van der Waals surface area (Å²) in [5.41, 5.74) is 5.80. The van der Waals surface area contributed by atoms with Gasteiger partial charge in [0.2, 0.25) is 0 Å². The topological polar surface area (TPSA) is 85.7 Å². The van der Waals surface area contributed by atoms with E-state index in [2.05, 4.69) is 51.9 Å². The second-order valence-corrected chi connectivity index (χ2v) is 9.96. The highest BCUT2D eigenvalue weighted by Crippen LogP contribution is 2.30. The van der Waals surface area contributed by atoms with Gasteiger partial charge in [0, 0.05) is 5.75 Å². The zero-order valence-electron chi connectivity index (χ0n) is 18.0. The molecule has 0 spiro atoms. The van der Waals surface area contributed by atoms with Gasteiger partial charge in [-0.2, -0.15) is 5.10 Å². The molecule has 3 rings (SSSR count). The number of hydrogen-bond donors (Lipinski definition) is 1. The normalized spacial score (nSPS) is 11.0. The Morgan fingerprint density at radius 3 is 2.59 bits per heavy atom. The number of aromatic nitrogens is 2. The number of methoxy groups -OCH3 is 1. The molecule has 0 saturated carbocycles. The minimum absolute atomic E-state index is 0.210. The zero-order valence-corrected chi connectivity index (χ0v) is 20.5. The maximum absolute atomic E-state index is 12.1. The molecule has 168 valence electrons. The molecule has 0 saturated heterocycles. The minimum atomic E-state index is -0.215. The number of hydrogen-bond acceptors (Lipinski definition) is 9. The fraction of sp³-hybridized carbons (Fsp3) is 0.273. The van der Waals surface area contributed by atoms with Crippen LogP contribution in [0.4, 0.5) is 0 Å². The molecule has 1 N–H and O–H groups in total. The number of rotatable bonds is 11. The van der Waals surface area contributed by atoms with Crippen LogP contribution >= 0.6 is 34.9 Å². The summed E-state index contributed by atoms with van der Waals surface area (Å²) in [6.45, 7) is 4.54. The Labute approximate surface area is 200 Å². The average molecular weight is 489 g/mol. The lowest BCUT2D eigenvalue weighted by Crippen LogP contribution is -2.19. The van der Waals surface area contributed by atoms with Crippen LogP contribution in [0.15, 0.2) is 56.2 Å². The molecular weight excluding hydrogens is 464 g/mol. The number of hydrazone groups is 1. The first-order valence-corrected chi connectivity index (χ1v) is 12.6. The largest absolute Gasteiger partial charge is 0.493 e. The van der Waals surface area contributed by atoms with E-state index in [1.165, 1.54) is 34.2 Å². The average Bonchev–Trinajstić information content (AvgIpc) is 3.26. The molecule has 3 aromatic rings. The summed E-state index contributed by atoms with van der Waals surface area (Å²) in [4.78, 5) is 12.1. The molecule has 0 aliphatic heterocycles. The van der Waals surface area contributed by atoms with Crippen molar-refractivity contribution in [3.05, 3.63) is 59.2 Å². The first kappa shape index (κ1) is 24.1. The van der Waals surface area contributed by atoms with Crippen LogP contribution < -0.4 is 14.9 Å². The molecule has 0 aliphatic rings. The quantitative estimate of drug-likeness (QED) is 0.236. The first-order valence-electron chi connectivity index (χ1n) is 9.84. The van der Waals surface area contributed by atoms with Crippen molar-refractivity contribution in [3.8, 4) is 11.5 Å². The van der Waals surface area contributed by atoms with Gasteiger partial charge in [-0.15, -0.1) is 10.2 Å². The number of amides is 1. The molecular formula is C22H24N4O3S3. The number of ether oxygens (including phenoxy) is 2. The molecule has 0 aliphatic carbocycles. The Hall–Kier alpha value is -2.56. The highest BCUT2D eigenvalue weighted by Gasteiger charge is 2.09. The van der Waals surface area contributed by atoms with E-state index in [0.29, 0.717) is 18.1 Å². The lowest BCUT2D eigenvalue weighted by molar-refractivity contribution is -0.118. The Kier molecular flexibility index (Phi) is 9.39. The van der Waals surface area contributed by atoms with Crippen molar-refractivity contribution in [2.45, 2.75) is 28.3 Å². The van der Waals surface area contributed by atoms with Gasteiger partial charge in [0.25, 0.3) is 5.91 Å². The summed E-state index contributed by atoms with van der Waals surface area (Å²) in [6, 6.07) is 13.9. The summed E-state index contributed by atoms with van der Waals surface area (Å²) >= 11 is 4.47. The lowest BCUT2D eigenvalue weighted by Gasteiger charge is -2.09. The maximum atomic E-state index is 12.1. The van der Waals surface area contributed by atoms with E-state index >= 15 is 0 Å². The fourth-order valence-corrected chi connectivity index (χ4v) is 5.29. The van der Waals surface area contributed by atoms with Crippen LogP contribution in [0.3, 0.4) is 0 Å². The van der Waals surface area contributed by atoms with E-state index in [-0.39, 0.29) is 11.7 Å². The van der Waals surface area contributed by atoms with Crippen LogP contribution in [-0.2, 0) is 10.5 Å². The van der Waals surface area contributed by atoms with Crippen molar-refractivity contribution in [2.75, 3.05) is 19.5 Å². The van der Waals surface area contributed by atoms with Crippen LogP contribution in [0.2, 0.25) is 0 Å². The molecule has 0 unspecified atom stereocenters. The summed E-state index contributed by atoms with van der Waals surface area (Å²) in [5.74, 6) is 2.12. The number of thioether (sulfide) groups is 2. The molecule has 1 heterocycles. The van der Waals surface area contributed by atoms with Gasteiger partial charge < -0.3 is 9.47 Å². The second kappa shape index (κ2) is 12.5. The van der Waals surface area contributed by atoms with Crippen LogP contribution in [0.5, 0.6) is 11.5 Å². The van der Waals surface area contributed by atoms with Crippen LogP contribution in [0, 0.1) is 6.92 Å². The summed E-state index contributed by atoms with van der Waals surface area (Å²) in [6.07, 6.45) is 1.56. The molecule has 0 bridgehead atoms. The van der Waals surface area contributed by atoms with Crippen LogP contribution in [0.25, 0.3) is 0 Å². The number of carbonyl (C=O) groups is 1. The molecule has 0 atom stereocenters. The van der Waals surface area contributed by atoms with E-state index in [0.717, 1.165) is 20.0 Å². The summed E-state index contributed by atoms with van der Waals surface area (Å²) in [7, 11) is 1.58. The van der Waals surface area contributed by atoms with Gasteiger partial charge in [0.1, 0.15) is 0 Å². The number of nitrogens with zero attached hydrogens (tertiary/aromatic N) is 3. The van der Waals surface area contributed by atoms with Crippen molar-refractivity contribution >= 4 is 47.0 Å². The van der Waals surface area contributed by atoms with Gasteiger partial charge in [0.15, 0.2) is 20.2 Å². The van der Waals surface area contributed by atoms with Crippen molar-refractivity contribution in [2.24, 2.45) is 5.10 Å². The first-order chi connectivity index (χ1) is 15.6. The number of aryl methyl sites for hydroxylation is 1. The third kappa shape index (κ3) is 7.54. The Morgan fingerprint density at radius 2 is 1.88 bits per heavy atom. The Balaban J connectivity index is 1.42. The van der Waals surface area contributed by atoms with Crippen LogP contribution in [-0.4, -0.2) is 41.8 Å². The standard InChI is InChI=1S/C22H24N4O3S3/c1-4-29-18-10-9-17(11-19(18)28-3)12-23-24-20(27)14-31-22-26-25-21(32-22)30-13-16-7-5-15(2)6-8-16/h5-12H,4,13-14H2,1-3H3,(H,24,27). The molecule has 2 aromatic carbocycles. The van der Waals surface area contributed by atoms with Gasteiger partial charge in [-0.3, -0.25) is 4.79 Å². The van der Waals surface area contributed by atoms with Crippen LogP contribution in [0.1, 0.15) is 23.6 Å². The van der Waals surface area contributed by atoms with Gasteiger partial charge in [0.05, 0.1) is 25.7 Å². The van der Waals surface area contributed by atoms with E-state index in [1.807, 2.05) is 19.1 Å². The number of carbonyl (C=O) groups excluding carboxylic acids is 1. The second-order valence-electron chi connectivity index (χ2n) is 6.53. The Morgan fingerprint density at radius 1 is 1.12 bits per heavy atom. The third-order valence-electron chi connectivity index (χ3n) is 4.09. The smallest absolute Gasteiger partial charge is 0.250 e. The molecule has 0 radical (unpaired) electrons. The summed E-state index contributed by atoms with van der Waals surface area (Å²) < 4.78 is 12.4. The lowest BCUT2D eigenvalue weighted by atomic mass is 10.2. The zero-order chi connectivity index (χ0) is 22.8. The monoisotopic (exact) mass is 488 g/mol. The SMILES string of the molecule is CCOc1ccc(C=NNC(=O)CSc2nnc(SCc3ccc(C)cc3)s2)cc1OC. The molecule has 7 nitrogen and oxygen atoms in total. The number of nitrogens with one attached hydrogen (secondary N) is 1. The molecule has 1 amide bonds. The predicted molar refractivity (Wildman–Crippen MR) is 131 cm³/mol. The highest BCUT2D eigenvalue weighted by atomic mass is 32.2. The van der Waals surface area contributed by atoms with E-state index < -0.39 is 0 Å². The molecule has 32 heavy (non-hydrogen) atoms. The fourth-order valence-electron chi connectivity index (χ4n) is 2.52. The van der Waals surface area contributed by atoms with E-state index in [9.17, 15) is 4.79 Å². The van der Waals surface area contributed by atoms with Crippen molar-refractivity contribution in [1.29, 1.82) is 0 Å². The molecule has 1 aromatic heterocycles. The van der Waals surface area contributed by atoms with Gasteiger partial charge in [-0.05, 0) is 43.2 Å². The molecule has 0 fully saturated rings. The van der Waals surface area contributed by atoms with Crippen molar-refractivity contribution in [3.63, 3.8) is 0 Å². The van der Waals surface area contributed by atoms with E-state index in [1.54, 1.807) is 31.2 Å². The van der Waals surface area contributed by atoms with E-state index in [4.69, 9.17) is 9.47 Å². The third-order valence-corrected chi connectivity index (χ3v) is 7.35. The molecule has 10 heteroatoms. The predicted octanol–water partition coefficient (Wildman–Crippen LogP) is 4.79. The highest BCUT2D eigenvalue weighted by molar-refractivity contribution is 8.03. The minimum Gasteiger partial charge on any atom is -0.493 e. The van der Waals surface area contributed by atoms with Gasteiger partial charge in [-0.1, -0.05) is 64.7 Å². The number of benzene rings is 2.